The van der Waals surface area contributed by atoms with Gasteiger partial charge in [0, 0.05) is 13.0 Å². The molecule has 0 fully saturated rings. The number of aliphatic carboxylic acids is 2. The third-order valence-electron chi connectivity index (χ3n) is 2.22. The molecule has 0 rings (SSSR count). The van der Waals surface area contributed by atoms with Crippen LogP contribution in [-0.2, 0) is 19.6 Å². The second kappa shape index (κ2) is 8.32. The number of nitrogens with one attached hydrogen (secondary N) is 3. The predicted octanol–water partition coefficient (Wildman–Crippen LogP) is -1.85. The molecular formula is C9H17N3O7S. The average molecular weight is 311 g/mol. The smallest absolute Gasteiger partial charge is 0.326 e. The monoisotopic (exact) mass is 311 g/mol. The first-order valence-electron chi connectivity index (χ1n) is 5.58. The molecule has 10 nitrogen and oxygen atoms in total. The van der Waals surface area contributed by atoms with E-state index in [9.17, 15) is 22.8 Å². The third kappa shape index (κ3) is 8.26. The Balaban J connectivity index is 4.20. The molecule has 0 aliphatic heterocycles. The van der Waals surface area contributed by atoms with Gasteiger partial charge in [-0.15, -0.1) is 0 Å². The van der Waals surface area contributed by atoms with E-state index in [1.807, 2.05) is 10.0 Å². The van der Waals surface area contributed by atoms with Crippen LogP contribution >= 0.6 is 0 Å². The van der Waals surface area contributed by atoms with Crippen LogP contribution in [0.2, 0.25) is 0 Å². The highest BCUT2D eigenvalue weighted by molar-refractivity contribution is 7.89. The Hall–Kier alpha value is -1.88. The van der Waals surface area contributed by atoms with Crippen LogP contribution in [0.5, 0.6) is 0 Å². The molecule has 5 N–H and O–H groups in total. The SMILES string of the molecule is CNS(=O)(=O)CCNC(=O)N[C@@H](CCC(=O)O)C(=O)O. The molecule has 0 aromatic heterocycles. The first kappa shape index (κ1) is 18.1. The molecule has 20 heavy (non-hydrogen) atoms. The summed E-state index contributed by atoms with van der Waals surface area (Å²) in [5, 5.41) is 21.4. The summed E-state index contributed by atoms with van der Waals surface area (Å²) in [6, 6.07) is -2.24. The fourth-order valence-electron chi connectivity index (χ4n) is 1.14. The topological polar surface area (TPSA) is 162 Å². The van der Waals surface area contributed by atoms with Crippen LogP contribution in [0, 0.1) is 0 Å². The third-order valence-corrected chi connectivity index (χ3v) is 3.58. The molecule has 1 atom stereocenters. The zero-order valence-electron chi connectivity index (χ0n) is 10.7. The van der Waals surface area contributed by atoms with E-state index in [4.69, 9.17) is 10.2 Å². The highest BCUT2D eigenvalue weighted by Gasteiger charge is 2.20. The molecule has 0 spiro atoms. The summed E-state index contributed by atoms with van der Waals surface area (Å²) >= 11 is 0. The van der Waals surface area contributed by atoms with Crippen LogP contribution in [0.15, 0.2) is 0 Å². The molecule has 0 aliphatic rings. The van der Waals surface area contributed by atoms with E-state index in [2.05, 4.69) is 5.32 Å². The number of urea groups is 1. The fourth-order valence-corrected chi connectivity index (χ4v) is 1.71. The number of hydrogen-bond acceptors (Lipinski definition) is 5. The molecule has 0 saturated carbocycles. The molecule has 0 aromatic carbocycles. The average Bonchev–Trinajstić information content (AvgIpc) is 2.33. The van der Waals surface area contributed by atoms with Gasteiger partial charge in [-0.2, -0.15) is 0 Å². The summed E-state index contributed by atoms with van der Waals surface area (Å²) in [7, 11) is -2.24. The molecule has 11 heteroatoms. The maximum atomic E-state index is 11.3. The Labute approximate surface area is 115 Å². The van der Waals surface area contributed by atoms with E-state index in [0.29, 0.717) is 0 Å². The summed E-state index contributed by atoms with van der Waals surface area (Å²) in [5.74, 6) is -2.91. The highest BCUT2D eigenvalue weighted by atomic mass is 32.2. The van der Waals surface area contributed by atoms with Crippen molar-refractivity contribution in [1.82, 2.24) is 15.4 Å². The van der Waals surface area contributed by atoms with Crippen LogP contribution in [0.3, 0.4) is 0 Å². The lowest BCUT2D eigenvalue weighted by molar-refractivity contribution is -0.140. The Bertz CT molecular complexity index is 462. The van der Waals surface area contributed by atoms with E-state index in [0.717, 1.165) is 0 Å². The van der Waals surface area contributed by atoms with Crippen molar-refractivity contribution in [3.63, 3.8) is 0 Å². The van der Waals surface area contributed by atoms with Gasteiger partial charge in [-0.25, -0.2) is 22.7 Å². The summed E-state index contributed by atoms with van der Waals surface area (Å²) < 4.78 is 24.1. The predicted molar refractivity (Wildman–Crippen MR) is 67.7 cm³/mol. The van der Waals surface area contributed by atoms with Gasteiger partial charge in [0.2, 0.25) is 10.0 Å². The van der Waals surface area contributed by atoms with Crippen molar-refractivity contribution in [1.29, 1.82) is 0 Å². The molecule has 2 amide bonds. The van der Waals surface area contributed by atoms with Gasteiger partial charge in [-0.1, -0.05) is 0 Å². The van der Waals surface area contributed by atoms with E-state index < -0.39 is 40.5 Å². The number of hydrogen-bond donors (Lipinski definition) is 5. The summed E-state index contributed by atoms with van der Waals surface area (Å²) in [6.45, 7) is -0.208. The quantitative estimate of drug-likeness (QED) is 0.334. The Kier molecular flexibility index (Phi) is 7.54. The van der Waals surface area contributed by atoms with Gasteiger partial charge in [0.05, 0.1) is 5.75 Å². The normalized spacial score (nSPS) is 12.4. The van der Waals surface area contributed by atoms with Crippen molar-refractivity contribution >= 4 is 28.0 Å². The number of carboxylic acids is 2. The molecule has 0 aliphatic carbocycles. The molecule has 0 radical (unpaired) electrons. The first-order chi connectivity index (χ1) is 9.18. The lowest BCUT2D eigenvalue weighted by atomic mass is 10.1. The number of sulfonamides is 1. The minimum Gasteiger partial charge on any atom is -0.481 e. The molecule has 0 saturated heterocycles. The molecular weight excluding hydrogens is 294 g/mol. The summed E-state index contributed by atoms with van der Waals surface area (Å²) in [4.78, 5) is 32.4. The van der Waals surface area contributed by atoms with Crippen LogP contribution in [-0.4, -0.2) is 62.0 Å². The van der Waals surface area contributed by atoms with E-state index in [1.54, 1.807) is 0 Å². The Morgan fingerprint density at radius 2 is 1.80 bits per heavy atom. The Morgan fingerprint density at radius 3 is 2.25 bits per heavy atom. The first-order valence-corrected chi connectivity index (χ1v) is 7.23. The minimum absolute atomic E-state index is 0.208. The van der Waals surface area contributed by atoms with Crippen molar-refractivity contribution in [2.45, 2.75) is 18.9 Å². The zero-order chi connectivity index (χ0) is 15.8. The van der Waals surface area contributed by atoms with Crippen molar-refractivity contribution in [3.8, 4) is 0 Å². The standard InChI is InChI=1S/C9H17N3O7S/c1-10-20(18,19)5-4-11-9(17)12-6(8(15)16)2-3-7(13)14/h6,10H,2-5H2,1H3,(H,13,14)(H,15,16)(H2,11,12,17)/t6-/m0/s1. The number of carboxylic acid groups (broad SMARTS) is 2. The molecule has 0 aromatic rings. The molecule has 0 unspecified atom stereocenters. The fraction of sp³-hybridized carbons (Fsp3) is 0.667. The Morgan fingerprint density at radius 1 is 1.20 bits per heavy atom. The van der Waals surface area contributed by atoms with E-state index in [1.165, 1.54) is 7.05 Å². The van der Waals surface area contributed by atoms with Crippen molar-refractivity contribution < 1.29 is 33.0 Å². The van der Waals surface area contributed by atoms with Gasteiger partial charge in [0.25, 0.3) is 0 Å². The number of carbonyl (C=O) groups excluding carboxylic acids is 1. The van der Waals surface area contributed by atoms with Crippen LogP contribution in [0.25, 0.3) is 0 Å². The summed E-state index contributed by atoms with van der Waals surface area (Å²) in [6.07, 6.45) is -0.682. The molecule has 116 valence electrons. The van der Waals surface area contributed by atoms with Crippen molar-refractivity contribution in [3.05, 3.63) is 0 Å². The van der Waals surface area contributed by atoms with Crippen LogP contribution < -0.4 is 15.4 Å². The zero-order valence-corrected chi connectivity index (χ0v) is 11.6. The van der Waals surface area contributed by atoms with E-state index >= 15 is 0 Å². The van der Waals surface area contributed by atoms with Gasteiger partial charge in [-0.3, -0.25) is 4.79 Å². The van der Waals surface area contributed by atoms with Gasteiger partial charge in [0.15, 0.2) is 0 Å². The van der Waals surface area contributed by atoms with Gasteiger partial charge >= 0.3 is 18.0 Å². The van der Waals surface area contributed by atoms with E-state index in [-0.39, 0.29) is 18.7 Å². The van der Waals surface area contributed by atoms with Gasteiger partial charge < -0.3 is 20.8 Å². The molecule has 0 bridgehead atoms. The summed E-state index contributed by atoms with van der Waals surface area (Å²) in [5.41, 5.74) is 0. The largest absolute Gasteiger partial charge is 0.481 e. The highest BCUT2D eigenvalue weighted by Crippen LogP contribution is 1.97. The van der Waals surface area contributed by atoms with Gasteiger partial charge in [-0.05, 0) is 13.5 Å². The second-order valence-electron chi connectivity index (χ2n) is 3.75. The second-order valence-corrected chi connectivity index (χ2v) is 5.79. The van der Waals surface area contributed by atoms with Gasteiger partial charge in [0.1, 0.15) is 6.04 Å². The maximum absolute atomic E-state index is 11.3. The van der Waals surface area contributed by atoms with Crippen LogP contribution in [0.1, 0.15) is 12.8 Å². The number of carbonyl (C=O) groups is 3. The van der Waals surface area contributed by atoms with Crippen molar-refractivity contribution in [2.75, 3.05) is 19.3 Å². The minimum atomic E-state index is -3.47. The maximum Gasteiger partial charge on any atom is 0.326 e. The lowest BCUT2D eigenvalue weighted by Crippen LogP contribution is -2.47. The van der Waals surface area contributed by atoms with Crippen LogP contribution in [0.4, 0.5) is 4.79 Å². The van der Waals surface area contributed by atoms with Crippen molar-refractivity contribution in [2.24, 2.45) is 0 Å². The molecule has 0 heterocycles. The number of rotatable bonds is 9. The lowest BCUT2D eigenvalue weighted by Gasteiger charge is -2.14. The number of amides is 2.